The molecule has 15 heavy (non-hydrogen) atoms. The first-order chi connectivity index (χ1) is 7.45. The molecule has 2 aromatic rings. The molecule has 0 aromatic heterocycles. The van der Waals surface area contributed by atoms with E-state index in [-0.39, 0.29) is 20.9 Å². The SMILES string of the molecule is c1ccc2c(c1)C[Te]Cc1ccccc1-2. The normalized spacial score (nSPS) is 13.9. The average Bonchev–Trinajstić information content (AvgIpc) is 2.48. The molecule has 1 heterocycles. The Morgan fingerprint density at radius 3 is 1.67 bits per heavy atom. The van der Waals surface area contributed by atoms with E-state index in [9.17, 15) is 0 Å². The summed E-state index contributed by atoms with van der Waals surface area (Å²) in [5, 5.41) is 0. The van der Waals surface area contributed by atoms with Crippen molar-refractivity contribution in [1.82, 2.24) is 0 Å². The minimum absolute atomic E-state index is 0.134. The zero-order valence-electron chi connectivity index (χ0n) is 8.44. The van der Waals surface area contributed by atoms with Gasteiger partial charge < -0.3 is 0 Å². The fourth-order valence-corrected chi connectivity index (χ4v) is 5.07. The first-order valence-corrected chi connectivity index (χ1v) is 8.48. The van der Waals surface area contributed by atoms with Gasteiger partial charge >= 0.3 is 101 Å². The molecule has 0 saturated carbocycles. The van der Waals surface area contributed by atoms with E-state index in [2.05, 4.69) is 48.5 Å². The van der Waals surface area contributed by atoms with Crippen LogP contribution in [0.15, 0.2) is 48.5 Å². The second-order valence-corrected chi connectivity index (χ2v) is 6.62. The Hall–Kier alpha value is -0.770. The Labute approximate surface area is 100 Å². The van der Waals surface area contributed by atoms with E-state index in [1.54, 1.807) is 11.1 Å². The van der Waals surface area contributed by atoms with Gasteiger partial charge in [-0.3, -0.25) is 0 Å². The molecule has 0 bridgehead atoms. The third-order valence-electron chi connectivity index (χ3n) is 2.84. The van der Waals surface area contributed by atoms with E-state index in [4.69, 9.17) is 0 Å². The van der Waals surface area contributed by atoms with Gasteiger partial charge in [-0.2, -0.15) is 0 Å². The van der Waals surface area contributed by atoms with Crippen molar-refractivity contribution in [2.75, 3.05) is 0 Å². The predicted molar refractivity (Wildman–Crippen MR) is 65.0 cm³/mol. The molecule has 0 atom stereocenters. The summed E-state index contributed by atoms with van der Waals surface area (Å²) in [7, 11) is 0. The topological polar surface area (TPSA) is 0 Å². The van der Waals surface area contributed by atoms with Crippen LogP contribution in [0.2, 0.25) is 0 Å². The third-order valence-corrected chi connectivity index (χ3v) is 5.78. The molecule has 1 aliphatic heterocycles. The van der Waals surface area contributed by atoms with Crippen molar-refractivity contribution in [2.24, 2.45) is 0 Å². The molecule has 1 aliphatic rings. The van der Waals surface area contributed by atoms with Crippen molar-refractivity contribution in [3.8, 4) is 11.1 Å². The van der Waals surface area contributed by atoms with Crippen molar-refractivity contribution < 1.29 is 0 Å². The van der Waals surface area contributed by atoms with Crippen LogP contribution >= 0.6 is 0 Å². The molecular weight excluding hydrogens is 296 g/mol. The molecule has 0 fully saturated rings. The first kappa shape index (κ1) is 9.46. The van der Waals surface area contributed by atoms with Gasteiger partial charge in [-0.05, 0) is 0 Å². The van der Waals surface area contributed by atoms with Crippen LogP contribution in [0.25, 0.3) is 11.1 Å². The van der Waals surface area contributed by atoms with Crippen molar-refractivity contribution in [3.05, 3.63) is 59.7 Å². The van der Waals surface area contributed by atoms with Gasteiger partial charge in [0.05, 0.1) is 0 Å². The molecule has 0 radical (unpaired) electrons. The minimum atomic E-state index is 0.134. The van der Waals surface area contributed by atoms with Crippen LogP contribution < -0.4 is 0 Å². The van der Waals surface area contributed by atoms with Crippen LogP contribution in [0.1, 0.15) is 11.1 Å². The number of fused-ring (bicyclic) bond motifs is 3. The molecule has 0 saturated heterocycles. The number of hydrogen-bond donors (Lipinski definition) is 0. The van der Waals surface area contributed by atoms with Crippen LogP contribution in [-0.4, -0.2) is 20.9 Å². The van der Waals surface area contributed by atoms with Gasteiger partial charge in [0.2, 0.25) is 0 Å². The molecule has 0 aliphatic carbocycles. The first-order valence-electron chi connectivity index (χ1n) is 5.19. The Bertz CT molecular complexity index is 443. The van der Waals surface area contributed by atoms with Crippen LogP contribution in [0.5, 0.6) is 0 Å². The Kier molecular flexibility index (Phi) is 2.52. The predicted octanol–water partition coefficient (Wildman–Crippen LogP) is 3.07. The van der Waals surface area contributed by atoms with E-state index in [1.165, 1.54) is 20.1 Å². The maximum absolute atomic E-state index is 2.29. The fourth-order valence-electron chi connectivity index (χ4n) is 2.09. The number of benzene rings is 2. The summed E-state index contributed by atoms with van der Waals surface area (Å²) in [5.41, 5.74) is 6.06. The van der Waals surface area contributed by atoms with Gasteiger partial charge in [-0.1, -0.05) is 0 Å². The Morgan fingerprint density at radius 1 is 0.667 bits per heavy atom. The third kappa shape index (κ3) is 1.71. The molecule has 74 valence electrons. The Morgan fingerprint density at radius 2 is 1.13 bits per heavy atom. The maximum atomic E-state index is 2.29. The number of hydrogen-bond acceptors (Lipinski definition) is 0. The molecular formula is C14H12Te. The van der Waals surface area contributed by atoms with Crippen molar-refractivity contribution in [3.63, 3.8) is 0 Å². The van der Waals surface area contributed by atoms with Crippen LogP contribution in [0, 0.1) is 0 Å². The number of rotatable bonds is 0. The second kappa shape index (κ2) is 4.00. The van der Waals surface area contributed by atoms with E-state index in [0.717, 1.165) is 0 Å². The summed E-state index contributed by atoms with van der Waals surface area (Å²) in [5.74, 6) is 0. The molecule has 0 nitrogen and oxygen atoms in total. The summed E-state index contributed by atoms with van der Waals surface area (Å²) < 4.78 is 2.69. The van der Waals surface area contributed by atoms with Crippen molar-refractivity contribution in [2.45, 2.75) is 8.94 Å². The average molecular weight is 308 g/mol. The summed E-state index contributed by atoms with van der Waals surface area (Å²) >= 11 is 0.134. The summed E-state index contributed by atoms with van der Waals surface area (Å²) in [4.78, 5) is 0. The van der Waals surface area contributed by atoms with Gasteiger partial charge in [-0.15, -0.1) is 0 Å². The fraction of sp³-hybridized carbons (Fsp3) is 0.143. The molecule has 0 N–H and O–H groups in total. The van der Waals surface area contributed by atoms with E-state index < -0.39 is 0 Å². The Balaban J connectivity index is 2.27. The van der Waals surface area contributed by atoms with Crippen LogP contribution in [0.3, 0.4) is 0 Å². The van der Waals surface area contributed by atoms with Gasteiger partial charge in [0, 0.05) is 0 Å². The zero-order chi connectivity index (χ0) is 10.1. The van der Waals surface area contributed by atoms with Crippen LogP contribution in [-0.2, 0) is 8.94 Å². The van der Waals surface area contributed by atoms with Gasteiger partial charge in [-0.25, -0.2) is 0 Å². The molecule has 3 rings (SSSR count). The second-order valence-electron chi connectivity index (χ2n) is 3.81. The monoisotopic (exact) mass is 310 g/mol. The van der Waals surface area contributed by atoms with E-state index >= 15 is 0 Å². The van der Waals surface area contributed by atoms with E-state index in [1.807, 2.05) is 0 Å². The quantitative estimate of drug-likeness (QED) is 0.656. The van der Waals surface area contributed by atoms with Crippen LogP contribution in [0.4, 0.5) is 0 Å². The van der Waals surface area contributed by atoms with Crippen molar-refractivity contribution in [1.29, 1.82) is 0 Å². The molecule has 1 heteroatoms. The molecule has 0 amide bonds. The van der Waals surface area contributed by atoms with Gasteiger partial charge in [0.1, 0.15) is 0 Å². The molecule has 0 spiro atoms. The van der Waals surface area contributed by atoms with Crippen molar-refractivity contribution >= 4 is 20.9 Å². The van der Waals surface area contributed by atoms with Gasteiger partial charge in [0.25, 0.3) is 0 Å². The van der Waals surface area contributed by atoms with E-state index in [0.29, 0.717) is 0 Å². The zero-order valence-corrected chi connectivity index (χ0v) is 10.8. The summed E-state index contributed by atoms with van der Waals surface area (Å²) in [6.45, 7) is 0. The summed E-state index contributed by atoms with van der Waals surface area (Å²) in [6.07, 6.45) is 0. The standard InChI is InChI=1S/C14H12Te/c1-3-7-13-11(5-1)9-15-10-12-6-2-4-8-14(12)13/h1-8H,9-10H2. The molecule has 2 aromatic carbocycles. The van der Waals surface area contributed by atoms with Gasteiger partial charge in [0.15, 0.2) is 0 Å². The summed E-state index contributed by atoms with van der Waals surface area (Å²) in [6, 6.07) is 17.8. The molecule has 0 unspecified atom stereocenters.